The van der Waals surface area contributed by atoms with Crippen molar-refractivity contribution in [1.29, 1.82) is 0 Å². The summed E-state index contributed by atoms with van der Waals surface area (Å²) in [5.41, 5.74) is 7.38. The average molecular weight is 276 g/mol. The molecule has 112 valence electrons. The molecule has 0 atom stereocenters. The summed E-state index contributed by atoms with van der Waals surface area (Å²) in [6.07, 6.45) is 3.71. The third-order valence-electron chi connectivity index (χ3n) is 4.16. The number of ether oxygens (including phenoxy) is 1. The van der Waals surface area contributed by atoms with Crippen LogP contribution in [0.15, 0.2) is 24.3 Å². The Balaban J connectivity index is 1.77. The largest absolute Gasteiger partial charge is 0.492 e. The van der Waals surface area contributed by atoms with Crippen LogP contribution in [-0.4, -0.2) is 31.1 Å². The van der Waals surface area contributed by atoms with Gasteiger partial charge in [-0.2, -0.15) is 0 Å². The monoisotopic (exact) mass is 276 g/mol. The van der Waals surface area contributed by atoms with E-state index in [1.54, 1.807) is 0 Å². The van der Waals surface area contributed by atoms with Crippen molar-refractivity contribution in [2.75, 3.05) is 26.2 Å². The van der Waals surface area contributed by atoms with Gasteiger partial charge in [-0.25, -0.2) is 0 Å². The molecule has 0 amide bonds. The standard InChI is InChI=1S/C17H28N2O/c1-17(2,14-18)9-5-6-10-19-11-12-20-16-8-4-3-7-15(16)13-19/h3-4,7-8H,5-6,9-14,18H2,1-2H3. The number of nitrogens with zero attached hydrogens (tertiary/aromatic N) is 1. The first-order valence-corrected chi connectivity index (χ1v) is 7.74. The number of benzene rings is 1. The lowest BCUT2D eigenvalue weighted by atomic mass is 9.87. The van der Waals surface area contributed by atoms with Crippen molar-refractivity contribution < 1.29 is 4.74 Å². The van der Waals surface area contributed by atoms with E-state index in [4.69, 9.17) is 10.5 Å². The molecule has 3 heteroatoms. The van der Waals surface area contributed by atoms with Crippen LogP contribution < -0.4 is 10.5 Å². The van der Waals surface area contributed by atoms with Gasteiger partial charge in [0.05, 0.1) is 0 Å². The summed E-state index contributed by atoms with van der Waals surface area (Å²) in [7, 11) is 0. The molecule has 1 aromatic carbocycles. The maximum Gasteiger partial charge on any atom is 0.123 e. The van der Waals surface area contributed by atoms with Gasteiger partial charge in [0, 0.05) is 18.7 Å². The molecule has 0 unspecified atom stereocenters. The number of para-hydroxylation sites is 1. The Morgan fingerprint density at radius 1 is 1.25 bits per heavy atom. The second kappa shape index (κ2) is 7.09. The van der Waals surface area contributed by atoms with Gasteiger partial charge < -0.3 is 10.5 Å². The summed E-state index contributed by atoms with van der Waals surface area (Å²) >= 11 is 0. The molecule has 0 fully saturated rings. The minimum absolute atomic E-state index is 0.286. The Kier molecular flexibility index (Phi) is 5.44. The molecular weight excluding hydrogens is 248 g/mol. The predicted octanol–water partition coefficient (Wildman–Crippen LogP) is 3.04. The number of unbranched alkanes of at least 4 members (excludes halogenated alkanes) is 1. The minimum atomic E-state index is 0.286. The first-order valence-electron chi connectivity index (χ1n) is 7.74. The van der Waals surface area contributed by atoms with Crippen LogP contribution in [0.1, 0.15) is 38.7 Å². The number of fused-ring (bicyclic) bond motifs is 1. The molecule has 1 aliphatic heterocycles. The molecular formula is C17H28N2O. The Labute approximate surface area is 123 Å². The Bertz CT molecular complexity index is 417. The second-order valence-corrected chi connectivity index (χ2v) is 6.56. The molecule has 1 aromatic rings. The van der Waals surface area contributed by atoms with Gasteiger partial charge in [-0.05, 0) is 37.4 Å². The van der Waals surface area contributed by atoms with Crippen molar-refractivity contribution in [2.45, 2.75) is 39.7 Å². The molecule has 20 heavy (non-hydrogen) atoms. The molecule has 0 bridgehead atoms. The van der Waals surface area contributed by atoms with Gasteiger partial charge >= 0.3 is 0 Å². The molecule has 0 saturated carbocycles. The van der Waals surface area contributed by atoms with E-state index in [1.165, 1.54) is 24.8 Å². The van der Waals surface area contributed by atoms with Crippen LogP contribution >= 0.6 is 0 Å². The first-order chi connectivity index (χ1) is 9.61. The quantitative estimate of drug-likeness (QED) is 0.812. The number of hydrogen-bond acceptors (Lipinski definition) is 3. The fourth-order valence-electron chi connectivity index (χ4n) is 2.61. The molecule has 2 rings (SSSR count). The van der Waals surface area contributed by atoms with E-state index in [9.17, 15) is 0 Å². The maximum atomic E-state index is 5.80. The number of hydrogen-bond donors (Lipinski definition) is 1. The highest BCUT2D eigenvalue weighted by molar-refractivity contribution is 5.33. The zero-order chi connectivity index (χ0) is 14.4. The highest BCUT2D eigenvalue weighted by Crippen LogP contribution is 2.24. The van der Waals surface area contributed by atoms with Crippen LogP contribution in [0.3, 0.4) is 0 Å². The summed E-state index contributed by atoms with van der Waals surface area (Å²) in [5.74, 6) is 1.05. The maximum absolute atomic E-state index is 5.80. The number of nitrogens with two attached hydrogens (primary N) is 1. The molecule has 3 nitrogen and oxygen atoms in total. The van der Waals surface area contributed by atoms with E-state index in [0.717, 1.165) is 38.5 Å². The van der Waals surface area contributed by atoms with Gasteiger partial charge in [-0.1, -0.05) is 38.5 Å². The van der Waals surface area contributed by atoms with Crippen molar-refractivity contribution in [3.63, 3.8) is 0 Å². The van der Waals surface area contributed by atoms with E-state index in [0.29, 0.717) is 0 Å². The minimum Gasteiger partial charge on any atom is -0.492 e. The van der Waals surface area contributed by atoms with Crippen LogP contribution in [0.5, 0.6) is 5.75 Å². The van der Waals surface area contributed by atoms with Crippen LogP contribution in [0.2, 0.25) is 0 Å². The van der Waals surface area contributed by atoms with Crippen molar-refractivity contribution in [2.24, 2.45) is 11.1 Å². The van der Waals surface area contributed by atoms with Crippen LogP contribution in [0.4, 0.5) is 0 Å². The van der Waals surface area contributed by atoms with Crippen LogP contribution in [0, 0.1) is 5.41 Å². The average Bonchev–Trinajstić information content (AvgIpc) is 2.65. The van der Waals surface area contributed by atoms with Crippen LogP contribution in [-0.2, 0) is 6.54 Å². The Morgan fingerprint density at radius 2 is 2.05 bits per heavy atom. The van der Waals surface area contributed by atoms with E-state index >= 15 is 0 Å². The molecule has 0 radical (unpaired) electrons. The lowest BCUT2D eigenvalue weighted by molar-refractivity contribution is 0.217. The van der Waals surface area contributed by atoms with Crippen molar-refractivity contribution in [1.82, 2.24) is 4.90 Å². The zero-order valence-corrected chi connectivity index (χ0v) is 12.9. The Morgan fingerprint density at radius 3 is 2.85 bits per heavy atom. The van der Waals surface area contributed by atoms with Gasteiger partial charge in [-0.3, -0.25) is 4.90 Å². The molecule has 0 aliphatic carbocycles. The van der Waals surface area contributed by atoms with Gasteiger partial charge in [0.25, 0.3) is 0 Å². The van der Waals surface area contributed by atoms with Crippen molar-refractivity contribution in [3.05, 3.63) is 29.8 Å². The highest BCUT2D eigenvalue weighted by atomic mass is 16.5. The fourth-order valence-corrected chi connectivity index (χ4v) is 2.61. The summed E-state index contributed by atoms with van der Waals surface area (Å²) in [6, 6.07) is 8.38. The summed E-state index contributed by atoms with van der Waals surface area (Å²) in [4.78, 5) is 2.50. The first kappa shape index (κ1) is 15.3. The van der Waals surface area contributed by atoms with Crippen molar-refractivity contribution >= 4 is 0 Å². The van der Waals surface area contributed by atoms with E-state index in [2.05, 4.69) is 36.9 Å². The lowest BCUT2D eigenvalue weighted by Gasteiger charge is -2.23. The molecule has 0 spiro atoms. The van der Waals surface area contributed by atoms with E-state index in [1.807, 2.05) is 6.07 Å². The molecule has 2 N–H and O–H groups in total. The molecule has 0 aromatic heterocycles. The normalized spacial score (nSPS) is 16.4. The van der Waals surface area contributed by atoms with E-state index < -0.39 is 0 Å². The molecule has 1 aliphatic rings. The highest BCUT2D eigenvalue weighted by Gasteiger charge is 2.16. The predicted molar refractivity (Wildman–Crippen MR) is 83.9 cm³/mol. The summed E-state index contributed by atoms with van der Waals surface area (Å²) < 4.78 is 5.80. The third kappa shape index (κ3) is 4.50. The second-order valence-electron chi connectivity index (χ2n) is 6.56. The summed E-state index contributed by atoms with van der Waals surface area (Å²) in [6.45, 7) is 9.26. The van der Waals surface area contributed by atoms with Gasteiger partial charge in [-0.15, -0.1) is 0 Å². The van der Waals surface area contributed by atoms with Crippen molar-refractivity contribution in [3.8, 4) is 5.75 Å². The fraction of sp³-hybridized carbons (Fsp3) is 0.647. The Hall–Kier alpha value is -1.06. The molecule has 0 saturated heterocycles. The number of rotatable bonds is 6. The van der Waals surface area contributed by atoms with Crippen LogP contribution in [0.25, 0.3) is 0 Å². The SMILES string of the molecule is CC(C)(CN)CCCCN1CCOc2ccccc2C1. The molecule has 1 heterocycles. The smallest absolute Gasteiger partial charge is 0.123 e. The van der Waals surface area contributed by atoms with Gasteiger partial charge in [0.1, 0.15) is 12.4 Å². The topological polar surface area (TPSA) is 38.5 Å². The lowest BCUT2D eigenvalue weighted by Crippen LogP contribution is -2.27. The summed E-state index contributed by atoms with van der Waals surface area (Å²) in [5, 5.41) is 0. The van der Waals surface area contributed by atoms with Gasteiger partial charge in [0.2, 0.25) is 0 Å². The van der Waals surface area contributed by atoms with E-state index in [-0.39, 0.29) is 5.41 Å². The van der Waals surface area contributed by atoms with Gasteiger partial charge in [0.15, 0.2) is 0 Å². The third-order valence-corrected chi connectivity index (χ3v) is 4.16. The zero-order valence-electron chi connectivity index (χ0n) is 12.9.